The fraction of sp³-hybridized carbons (Fsp3) is 0.338. The Labute approximate surface area is 666 Å². The predicted molar refractivity (Wildman–Crippen MR) is 424 cm³/mol. The van der Waals surface area contributed by atoms with E-state index in [0.29, 0.717) is 84.1 Å². The molecule has 15 N–H and O–H groups in total. The van der Waals surface area contributed by atoms with Crippen molar-refractivity contribution in [3.05, 3.63) is 229 Å². The van der Waals surface area contributed by atoms with Crippen molar-refractivity contribution in [2.24, 2.45) is 0 Å². The Hall–Kier alpha value is -10.4. The van der Waals surface area contributed by atoms with Crippen LogP contribution in [0.15, 0.2) is 146 Å². The van der Waals surface area contributed by atoms with Gasteiger partial charge in [-0.05, 0) is 167 Å². The van der Waals surface area contributed by atoms with Crippen LogP contribution in [0.4, 0.5) is 35.4 Å². The molecule has 3 aromatic heterocycles. The Balaban J connectivity index is 0.000000180. The Morgan fingerprint density at radius 1 is 0.469 bits per heavy atom. The number of nitrogens with two attached hydrogens (primary N) is 3. The minimum absolute atomic E-state index is 0.0338. The minimum Gasteiger partial charge on any atom is -0.453 e. The van der Waals surface area contributed by atoms with Gasteiger partial charge in [0.15, 0.2) is 0 Å². The van der Waals surface area contributed by atoms with Gasteiger partial charge in [0.25, 0.3) is 17.7 Å². The van der Waals surface area contributed by atoms with Crippen LogP contribution in [0.25, 0.3) is 33.8 Å². The molecule has 3 fully saturated rings. The van der Waals surface area contributed by atoms with Crippen molar-refractivity contribution in [2.75, 3.05) is 50.4 Å². The molecular weight excluding hydrogens is 1540 g/mol. The number of nitrogens with zero attached hydrogens (tertiary/aromatic N) is 6. The maximum Gasteiger partial charge on any atom is 0.407 e. The van der Waals surface area contributed by atoms with Gasteiger partial charge in [0, 0.05) is 74.6 Å². The fourth-order valence-corrected chi connectivity index (χ4v) is 15.4. The van der Waals surface area contributed by atoms with Crippen LogP contribution in [0, 0.1) is 17.5 Å². The molecule has 0 spiro atoms. The van der Waals surface area contributed by atoms with Crippen LogP contribution in [0.1, 0.15) is 185 Å². The summed E-state index contributed by atoms with van der Waals surface area (Å²) in [7, 11) is -1.93. The third-order valence-electron chi connectivity index (χ3n) is 19.9. The van der Waals surface area contributed by atoms with E-state index in [-0.39, 0.29) is 89.1 Å². The molecule has 3 heterocycles. The van der Waals surface area contributed by atoms with Gasteiger partial charge < -0.3 is 63.8 Å². The number of halogens is 6. The van der Waals surface area contributed by atoms with Crippen molar-refractivity contribution >= 4 is 92.0 Å². The van der Waals surface area contributed by atoms with Crippen LogP contribution in [-0.2, 0) is 19.6 Å². The van der Waals surface area contributed by atoms with E-state index >= 15 is 13.2 Å². The monoisotopic (exact) mass is 1630 g/mol. The molecule has 9 aromatic rings. The van der Waals surface area contributed by atoms with Gasteiger partial charge in [0.05, 0.1) is 104 Å². The summed E-state index contributed by atoms with van der Waals surface area (Å²) >= 11 is 18.0. The number of carbonyl (C=O) groups excluding carboxylic acids is 5. The van der Waals surface area contributed by atoms with Crippen molar-refractivity contribution in [3.63, 3.8) is 0 Å². The fourth-order valence-electron chi connectivity index (χ4n) is 14.0. The molecule has 3 atom stereocenters. The van der Waals surface area contributed by atoms with Gasteiger partial charge in [-0.15, -0.1) is 0 Å². The van der Waals surface area contributed by atoms with Crippen molar-refractivity contribution < 1.29 is 65.6 Å². The molecule has 596 valence electrons. The second-order valence-electron chi connectivity index (χ2n) is 27.8. The third kappa shape index (κ3) is 23.1. The zero-order valence-electron chi connectivity index (χ0n) is 61.9. The van der Waals surface area contributed by atoms with Crippen LogP contribution in [0.2, 0.25) is 15.1 Å². The first-order valence-electron chi connectivity index (χ1n) is 36.4. The molecule has 6 aromatic carbocycles. The summed E-state index contributed by atoms with van der Waals surface area (Å²) in [6, 6.07) is 30.3. The lowest BCUT2D eigenvalue weighted by Crippen LogP contribution is -2.37. The normalized spacial score (nSPS) is 18.2. The van der Waals surface area contributed by atoms with Gasteiger partial charge in [0.1, 0.15) is 52.0 Å². The molecule has 5 amide bonds. The van der Waals surface area contributed by atoms with E-state index in [4.69, 9.17) is 52.0 Å². The van der Waals surface area contributed by atoms with Crippen LogP contribution in [0.5, 0.6) is 0 Å². The summed E-state index contributed by atoms with van der Waals surface area (Å²) < 4.78 is 75.6. The number of ether oxygens (including phenoxy) is 1. The van der Waals surface area contributed by atoms with Gasteiger partial charge >= 0.3 is 6.09 Å². The van der Waals surface area contributed by atoms with Crippen LogP contribution >= 0.6 is 34.8 Å². The van der Waals surface area contributed by atoms with Crippen LogP contribution in [0.3, 0.4) is 0 Å². The molecule has 3 aliphatic carbocycles. The molecule has 12 rings (SSSR count). The second-order valence-corrected chi connectivity index (χ2v) is 30.9. The summed E-state index contributed by atoms with van der Waals surface area (Å²) in [6.45, 7) is 0.363. The van der Waals surface area contributed by atoms with Crippen molar-refractivity contribution in [2.45, 2.75) is 138 Å². The standard InChI is InChI=1S/C27H29ClFN5O4.C27H29ClFN5O3.C26H29ClFN5O4S/c1-38-27(37)32-19-8-5-15(6-9-19)22-13-31-25(30)24(33-22)17-7-10-20(21(29)12-17)26(36)34-23(14-35)16-3-2-4-18(28)11-16;1-15(36)32-20-8-5-16(6-9-20)23-13-31-26(30)25(33-23)18-7-10-21(22(29)12-18)27(37)34-24(14-35)17-3-2-4-19(28)11-17;1-38(36,37)33-19-8-5-15(6-9-19)22-13-30-25(29)24(31-22)17-7-10-20(21(28)12-17)26(35)32-23(14-34)16-3-2-4-18(27)11-16/h2-4,7,10-13,15,19,23,35H,5-6,8-9,14H2,1H3,(H2,30,31)(H,32,37)(H,34,36);2-4,7,10-13,16,20,24,35H,5-6,8-9,14H2,1H3,(H2,30,31)(H,32,36)(H,34,37);2-4,7,10-13,15,19,23,33-34H,5-6,8-9,14H2,1H3,(H2,29,30)(H,32,35)/t15?,19?,23-;16?,20?,24-;15?,19?,23-/m111/s1. The van der Waals surface area contributed by atoms with Gasteiger partial charge in [-0.3, -0.25) is 19.2 Å². The van der Waals surface area contributed by atoms with E-state index in [1.807, 2.05) is 0 Å². The summed E-state index contributed by atoms with van der Waals surface area (Å²) in [5, 5.41) is 44.3. The minimum atomic E-state index is -3.27. The van der Waals surface area contributed by atoms with Crippen molar-refractivity contribution in [1.29, 1.82) is 0 Å². The number of aromatic nitrogens is 6. The third-order valence-corrected chi connectivity index (χ3v) is 21.3. The number of sulfonamides is 1. The number of hydrogen-bond donors (Lipinski definition) is 12. The number of anilines is 3. The zero-order chi connectivity index (χ0) is 81.2. The lowest BCUT2D eigenvalue weighted by atomic mass is 9.84. The van der Waals surface area contributed by atoms with Crippen molar-refractivity contribution in [1.82, 2.24) is 61.2 Å². The Morgan fingerprint density at radius 3 is 1.04 bits per heavy atom. The smallest absolute Gasteiger partial charge is 0.407 e. The molecule has 3 aliphatic rings. The highest BCUT2D eigenvalue weighted by Crippen LogP contribution is 2.39. The van der Waals surface area contributed by atoms with Gasteiger partial charge in [-0.25, -0.2) is 61.0 Å². The highest BCUT2D eigenvalue weighted by Gasteiger charge is 2.31. The molecule has 0 bridgehead atoms. The highest BCUT2D eigenvalue weighted by atomic mass is 35.5. The lowest BCUT2D eigenvalue weighted by Gasteiger charge is -2.28. The quantitative estimate of drug-likeness (QED) is 0.0300. The highest BCUT2D eigenvalue weighted by molar-refractivity contribution is 7.88. The van der Waals surface area contributed by atoms with E-state index < -0.39 is 76.0 Å². The number of nitrogens with one attached hydrogen (secondary N) is 6. The molecule has 26 nitrogen and oxygen atoms in total. The number of hydrogen-bond acceptors (Lipinski definition) is 20. The number of methoxy groups -OCH3 is 1. The predicted octanol–water partition coefficient (Wildman–Crippen LogP) is 12.1. The van der Waals surface area contributed by atoms with E-state index in [2.05, 4.69) is 65.9 Å². The Morgan fingerprint density at radius 2 is 0.770 bits per heavy atom. The van der Waals surface area contributed by atoms with Gasteiger partial charge in [-0.2, -0.15) is 0 Å². The average Bonchev–Trinajstić information content (AvgIpc) is 0.803. The molecule has 3 saturated carbocycles. The summed E-state index contributed by atoms with van der Waals surface area (Å²) in [5.41, 5.74) is 23.8. The van der Waals surface area contributed by atoms with Gasteiger partial charge in [0.2, 0.25) is 15.9 Å². The molecule has 0 radical (unpaired) electrons. The number of benzene rings is 6. The van der Waals surface area contributed by atoms with E-state index in [1.165, 1.54) is 50.4 Å². The van der Waals surface area contributed by atoms with E-state index in [1.54, 1.807) is 110 Å². The first-order chi connectivity index (χ1) is 54.1. The van der Waals surface area contributed by atoms with Gasteiger partial charge in [-0.1, -0.05) is 89.4 Å². The number of aliphatic hydroxyl groups excluding tert-OH is 3. The first-order valence-corrected chi connectivity index (χ1v) is 39.5. The lowest BCUT2D eigenvalue weighted by molar-refractivity contribution is -0.119. The number of nitrogen functional groups attached to an aromatic ring is 3. The number of rotatable bonds is 22. The first kappa shape index (κ1) is 85.0. The summed E-state index contributed by atoms with van der Waals surface area (Å²) in [6.07, 6.45) is 14.8. The van der Waals surface area contributed by atoms with Crippen molar-refractivity contribution in [3.8, 4) is 33.8 Å². The van der Waals surface area contributed by atoms with Crippen LogP contribution < -0.4 is 48.5 Å². The molecule has 0 unspecified atom stereocenters. The Kier molecular flexibility index (Phi) is 29.6. The summed E-state index contributed by atoms with van der Waals surface area (Å²) in [5.74, 6) is -3.59. The van der Waals surface area contributed by atoms with Crippen LogP contribution in [-0.4, -0.2) is 135 Å². The second kappa shape index (κ2) is 39.3. The molecule has 33 heteroatoms. The molecule has 0 aliphatic heterocycles. The maximum atomic E-state index is 15.1. The van der Waals surface area contributed by atoms with E-state index in [0.717, 1.165) is 81.9 Å². The van der Waals surface area contributed by atoms with E-state index in [9.17, 15) is 47.7 Å². The SMILES string of the molecule is CC(=O)NC1CCC(c2cnc(N)c(-c3ccc(C(=O)N[C@H](CO)c4cccc(Cl)c4)c(F)c3)n2)CC1.COC(=O)NC1CCC(c2cnc(N)c(-c3ccc(C(=O)N[C@H](CO)c4cccc(Cl)c4)c(F)c3)n2)CC1.CS(=O)(=O)NC1CCC(c2cnc(N)c(-c3ccc(C(=O)N[C@H](CO)c4cccc(Cl)c4)c(F)c3)n2)CC1. The number of amides is 5. The number of carbonyl (C=O) groups is 5. The summed E-state index contributed by atoms with van der Waals surface area (Å²) in [4.78, 5) is 88.0. The Bertz CT molecular complexity index is 5020. The molecule has 0 saturated heterocycles. The number of alkyl carbamates (subject to hydrolysis) is 1. The zero-order valence-corrected chi connectivity index (χ0v) is 64.9. The average molecular weight is 1630 g/mol. The largest absolute Gasteiger partial charge is 0.453 e. The topological polar surface area (TPSA) is 417 Å². The molecular formula is C80H87Cl3F3N15O11S. The maximum absolute atomic E-state index is 15.1. The number of aliphatic hydroxyl groups is 3. The molecule has 113 heavy (non-hydrogen) atoms.